The predicted molar refractivity (Wildman–Crippen MR) is 120 cm³/mol. The number of halogens is 1. The van der Waals surface area contributed by atoms with Gasteiger partial charge in [0.2, 0.25) is 0 Å². The first-order valence-electron chi connectivity index (χ1n) is 9.12. The minimum absolute atomic E-state index is 0.374. The Bertz CT molecular complexity index is 1020. The van der Waals surface area contributed by atoms with Crippen LogP contribution in [-0.2, 0) is 4.79 Å². The van der Waals surface area contributed by atoms with Gasteiger partial charge in [-0.25, -0.2) is 4.79 Å². The van der Waals surface area contributed by atoms with Crippen LogP contribution in [0.2, 0.25) is 5.02 Å². The number of carboxylic acids is 1. The lowest BCUT2D eigenvalue weighted by molar-refractivity contribution is -0.139. The largest absolute Gasteiger partial charge is 0.480 e. The highest BCUT2D eigenvalue weighted by Gasteiger charge is 2.07. The number of hydrogen-bond acceptors (Lipinski definition) is 3. The van der Waals surface area contributed by atoms with Gasteiger partial charge in [0, 0.05) is 10.6 Å². The summed E-state index contributed by atoms with van der Waals surface area (Å²) in [6.45, 7) is 1.68. The molecule has 0 bridgehead atoms. The third-order valence-electron chi connectivity index (χ3n) is 4.21. The van der Waals surface area contributed by atoms with E-state index in [4.69, 9.17) is 21.4 Å². The van der Waals surface area contributed by atoms with Crippen LogP contribution in [0.1, 0.15) is 16.7 Å². The fraction of sp³-hybridized carbons (Fsp3) is 0.125. The quantitative estimate of drug-likeness (QED) is 0.429. The van der Waals surface area contributed by atoms with Gasteiger partial charge in [-0.05, 0) is 41.8 Å². The average molecular weight is 425 g/mol. The normalized spacial score (nSPS) is 11.3. The summed E-state index contributed by atoms with van der Waals surface area (Å²) in [5.74, 6) is 0.108. The van der Waals surface area contributed by atoms with Crippen LogP contribution in [0.25, 0.3) is 5.57 Å². The Labute approximate surface area is 180 Å². The lowest BCUT2D eigenvalue weighted by Crippen LogP contribution is -2.09. The molecule has 0 fully saturated rings. The minimum atomic E-state index is -1.03. The van der Waals surface area contributed by atoms with Crippen LogP contribution in [0.15, 0.2) is 83.8 Å². The van der Waals surface area contributed by atoms with Gasteiger partial charge in [-0.15, -0.1) is 11.8 Å². The van der Waals surface area contributed by atoms with E-state index < -0.39 is 12.6 Å². The first-order chi connectivity index (χ1) is 14.0. The van der Waals surface area contributed by atoms with Crippen LogP contribution in [0.5, 0.6) is 5.75 Å². The Hall–Kier alpha value is -2.69. The molecule has 0 heterocycles. The van der Waals surface area contributed by atoms with Crippen LogP contribution in [0.3, 0.4) is 0 Å². The number of carboxylic acid groups (broad SMARTS) is 1. The molecule has 3 aromatic rings. The van der Waals surface area contributed by atoms with Crippen molar-refractivity contribution in [3.63, 3.8) is 0 Å². The second-order valence-electron chi connectivity index (χ2n) is 6.44. The van der Waals surface area contributed by atoms with E-state index in [0.29, 0.717) is 10.8 Å². The minimum Gasteiger partial charge on any atom is -0.480 e. The molecule has 148 valence electrons. The zero-order valence-corrected chi connectivity index (χ0v) is 17.5. The van der Waals surface area contributed by atoms with E-state index in [1.165, 1.54) is 22.3 Å². The molecule has 5 heteroatoms. The molecule has 0 aliphatic rings. The lowest BCUT2D eigenvalue weighted by atomic mass is 9.97. The first-order valence-corrected chi connectivity index (χ1v) is 10.5. The number of rotatable bonds is 8. The number of hydrogen-bond donors (Lipinski definition) is 1. The van der Waals surface area contributed by atoms with Crippen LogP contribution >= 0.6 is 23.4 Å². The maximum Gasteiger partial charge on any atom is 0.341 e. The molecule has 0 atom stereocenters. The number of carbonyl (C=O) groups is 1. The molecular formula is C24H21ClO3S. The molecule has 0 unspecified atom stereocenters. The molecular weight excluding hydrogens is 404 g/mol. The standard InChI is InChI=1S/C24H21ClO3S/c1-17-6-5-9-19(14-17)21(18-7-3-2-4-8-18)12-13-29-20-10-11-23(22(25)15-20)28-16-24(26)27/h2-12,14-15H,13,16H2,1H3,(H,26,27). The summed E-state index contributed by atoms with van der Waals surface area (Å²) in [5, 5.41) is 9.12. The summed E-state index contributed by atoms with van der Waals surface area (Å²) in [7, 11) is 0. The third-order valence-corrected chi connectivity index (χ3v) is 5.42. The summed E-state index contributed by atoms with van der Waals surface area (Å²) in [4.78, 5) is 11.6. The second kappa shape index (κ2) is 10.2. The molecule has 0 saturated heterocycles. The van der Waals surface area contributed by atoms with Gasteiger partial charge in [0.25, 0.3) is 0 Å². The van der Waals surface area contributed by atoms with Crippen molar-refractivity contribution in [3.05, 3.63) is 101 Å². The van der Waals surface area contributed by atoms with Crippen molar-refractivity contribution in [2.45, 2.75) is 11.8 Å². The molecule has 0 aliphatic carbocycles. The van der Waals surface area contributed by atoms with Gasteiger partial charge in [-0.2, -0.15) is 0 Å². The molecule has 0 spiro atoms. The molecule has 3 rings (SSSR count). The van der Waals surface area contributed by atoms with Crippen molar-refractivity contribution >= 4 is 34.9 Å². The van der Waals surface area contributed by atoms with Gasteiger partial charge < -0.3 is 9.84 Å². The lowest BCUT2D eigenvalue weighted by Gasteiger charge is -2.10. The topological polar surface area (TPSA) is 46.5 Å². The number of ether oxygens (including phenoxy) is 1. The van der Waals surface area contributed by atoms with Crippen molar-refractivity contribution < 1.29 is 14.6 Å². The number of thioether (sulfide) groups is 1. The van der Waals surface area contributed by atoms with E-state index in [1.54, 1.807) is 23.9 Å². The molecule has 0 aromatic heterocycles. The van der Waals surface area contributed by atoms with Crippen LogP contribution in [0.4, 0.5) is 0 Å². The zero-order chi connectivity index (χ0) is 20.6. The van der Waals surface area contributed by atoms with E-state index in [0.717, 1.165) is 10.6 Å². The van der Waals surface area contributed by atoms with Crippen molar-refractivity contribution in [1.29, 1.82) is 0 Å². The highest BCUT2D eigenvalue weighted by atomic mass is 35.5. The second-order valence-corrected chi connectivity index (χ2v) is 7.94. The molecule has 29 heavy (non-hydrogen) atoms. The SMILES string of the molecule is Cc1cccc(C(=CCSc2ccc(OCC(=O)O)c(Cl)c2)c2ccccc2)c1. The van der Waals surface area contributed by atoms with Gasteiger partial charge in [-0.1, -0.05) is 77.8 Å². The van der Waals surface area contributed by atoms with Gasteiger partial charge in [0.05, 0.1) is 5.02 Å². The smallest absolute Gasteiger partial charge is 0.341 e. The summed E-state index contributed by atoms with van der Waals surface area (Å²) in [5.41, 5.74) is 4.77. The fourth-order valence-corrected chi connectivity index (χ4v) is 3.99. The summed E-state index contributed by atoms with van der Waals surface area (Å²) >= 11 is 7.87. The van der Waals surface area contributed by atoms with E-state index in [2.05, 4.69) is 49.4 Å². The van der Waals surface area contributed by atoms with Gasteiger partial charge in [0.15, 0.2) is 6.61 Å². The summed E-state index contributed by atoms with van der Waals surface area (Å²) in [6, 6.07) is 24.2. The maximum absolute atomic E-state index is 10.6. The predicted octanol–water partition coefficient (Wildman–Crippen LogP) is 6.34. The van der Waals surface area contributed by atoms with Gasteiger partial charge >= 0.3 is 5.97 Å². The zero-order valence-electron chi connectivity index (χ0n) is 16.0. The van der Waals surface area contributed by atoms with Gasteiger partial charge in [-0.3, -0.25) is 0 Å². The number of aryl methyl sites for hydroxylation is 1. The first kappa shape index (κ1) is 21.0. The molecule has 1 N–H and O–H groups in total. The monoisotopic (exact) mass is 424 g/mol. The number of benzene rings is 3. The Morgan fingerprint density at radius 2 is 1.79 bits per heavy atom. The van der Waals surface area contributed by atoms with Crippen molar-refractivity contribution in [1.82, 2.24) is 0 Å². The Morgan fingerprint density at radius 3 is 2.48 bits per heavy atom. The summed E-state index contributed by atoms with van der Waals surface area (Å²) < 4.78 is 5.17. The van der Waals surface area contributed by atoms with Crippen molar-refractivity contribution in [2.75, 3.05) is 12.4 Å². The molecule has 0 radical (unpaired) electrons. The van der Waals surface area contributed by atoms with Crippen LogP contribution < -0.4 is 4.74 Å². The van der Waals surface area contributed by atoms with E-state index in [9.17, 15) is 4.79 Å². The summed E-state index contributed by atoms with van der Waals surface area (Å²) in [6.07, 6.45) is 2.22. The van der Waals surface area contributed by atoms with Crippen LogP contribution in [-0.4, -0.2) is 23.4 Å². The van der Waals surface area contributed by atoms with Crippen molar-refractivity contribution in [2.24, 2.45) is 0 Å². The Kier molecular flexibility index (Phi) is 7.39. The van der Waals surface area contributed by atoms with Crippen molar-refractivity contribution in [3.8, 4) is 5.75 Å². The Morgan fingerprint density at radius 1 is 1.03 bits per heavy atom. The molecule has 0 amide bonds. The average Bonchev–Trinajstić information content (AvgIpc) is 2.71. The van der Waals surface area contributed by atoms with Crippen LogP contribution in [0, 0.1) is 6.92 Å². The molecule has 0 aliphatic heterocycles. The van der Waals surface area contributed by atoms with E-state index in [1.807, 2.05) is 24.3 Å². The van der Waals surface area contributed by atoms with Gasteiger partial charge in [0.1, 0.15) is 5.75 Å². The third kappa shape index (κ3) is 6.14. The fourth-order valence-electron chi connectivity index (χ4n) is 2.88. The molecule has 3 nitrogen and oxygen atoms in total. The highest BCUT2D eigenvalue weighted by molar-refractivity contribution is 7.99. The molecule has 3 aromatic carbocycles. The highest BCUT2D eigenvalue weighted by Crippen LogP contribution is 2.31. The van der Waals surface area contributed by atoms with E-state index >= 15 is 0 Å². The molecule has 0 saturated carbocycles. The maximum atomic E-state index is 10.6. The Balaban J connectivity index is 1.76. The number of aliphatic carboxylic acids is 1. The van der Waals surface area contributed by atoms with E-state index in [-0.39, 0.29) is 0 Å².